The van der Waals surface area contributed by atoms with E-state index in [4.69, 9.17) is 10.5 Å². The molecule has 4 heterocycles. The van der Waals surface area contributed by atoms with E-state index in [9.17, 15) is 63.0 Å². The van der Waals surface area contributed by atoms with Gasteiger partial charge in [0.1, 0.15) is 60.1 Å². The van der Waals surface area contributed by atoms with E-state index in [0.717, 1.165) is 6.92 Å². The first-order valence-electron chi connectivity index (χ1n) is 27.8. The van der Waals surface area contributed by atoms with Crippen molar-refractivity contribution in [1.29, 1.82) is 0 Å². The van der Waals surface area contributed by atoms with E-state index < -0.39 is 138 Å². The van der Waals surface area contributed by atoms with Crippen molar-refractivity contribution in [2.75, 3.05) is 19.7 Å². The Bertz CT molecular complexity index is 2560. The van der Waals surface area contributed by atoms with Crippen LogP contribution in [0.5, 0.6) is 5.75 Å². The second kappa shape index (κ2) is 30.2. The SMILES string of the molecule is CC[C@@H](C)[C@@H]1NC(=O)[C@@H]2CCCN2C(=O)[C@H](Cc2ccc(O)cc2)NC(=O)[C@@H](NC(=O)[C@H](CC(=O)O)NC(C)=O)CCCn2nncc2COC[C@@H](C(=O)N[C@@H](CC(C)C)C(=O)N[C@@H](CC(C)C)C(=O)N2CCC[C@H]2C(N)=O)NC1=O. The molecule has 0 spiro atoms. The van der Waals surface area contributed by atoms with Gasteiger partial charge in [-0.2, -0.15) is 0 Å². The molecule has 3 aliphatic heterocycles. The number of fused-ring (bicyclic) bond motifs is 2. The number of phenolic OH excluding ortho intramolecular Hbond substituents is 1. The summed E-state index contributed by atoms with van der Waals surface area (Å²) in [5, 5.41) is 46.6. The fourth-order valence-corrected chi connectivity index (χ4v) is 10.2. The smallest absolute Gasteiger partial charge is 0.305 e. The van der Waals surface area contributed by atoms with Crippen molar-refractivity contribution in [1.82, 2.24) is 62.0 Å². The van der Waals surface area contributed by atoms with Crippen molar-refractivity contribution in [3.63, 3.8) is 0 Å². The number of carboxylic acids is 1. The number of carboxylic acid groups (broad SMARTS) is 1. The van der Waals surface area contributed by atoms with Crippen molar-refractivity contribution in [3.05, 3.63) is 41.7 Å². The fraction of sp³-hybridized carbons (Fsp3) is 0.648. The molecule has 11 N–H and O–H groups in total. The molecule has 5 rings (SSSR count). The standard InChI is InChI=1S/C54H81N13O14/c1-8-31(6)45-52(78)62-41(50(76)59-37(22-29(2)3)48(74)60-39(23-30(4)5)53(79)65-19-10-13-42(65)46(55)72)28-81-27-34-26-56-64-67(34)21-9-12-36(58-49(75)38(25-44(70)71)57-32(7)68)47(73)61-40(24-33-15-17-35(69)18-16-33)54(80)66-20-11-14-43(66)51(77)63-45/h15-18,26,29-31,36-43,45,69H,8-14,19-25,27-28H2,1-7H3,(H2,55,72)(H,57,68)(H,58,75)(H,59,76)(H,60,74)(H,61,73)(H,62,78)(H,63,77)(H,70,71)/t31-,36+,37+,38+,39+,40+,41+,42+,43+,45+/m1/s1. The minimum absolute atomic E-state index is 0.0478. The number of nitrogens with zero attached hydrogens (tertiary/aromatic N) is 5. The number of phenols is 1. The number of hydrogen-bond donors (Lipinski definition) is 10. The van der Waals surface area contributed by atoms with Gasteiger partial charge in [0.2, 0.25) is 59.1 Å². The van der Waals surface area contributed by atoms with E-state index in [1.165, 1.54) is 44.9 Å². The van der Waals surface area contributed by atoms with Crippen LogP contribution >= 0.6 is 0 Å². The third-order valence-corrected chi connectivity index (χ3v) is 14.6. The van der Waals surface area contributed by atoms with E-state index in [2.05, 4.69) is 47.5 Å². The maximum absolute atomic E-state index is 14.8. The molecular weight excluding hydrogens is 1050 g/mol. The Morgan fingerprint density at radius 3 is 2.10 bits per heavy atom. The summed E-state index contributed by atoms with van der Waals surface area (Å²) in [6, 6.07) is -5.64. The number of amides is 10. The predicted octanol–water partition coefficient (Wildman–Crippen LogP) is -0.969. The molecule has 0 aliphatic carbocycles. The molecule has 1 aromatic carbocycles. The lowest BCUT2D eigenvalue weighted by molar-refractivity contribution is -0.143. The van der Waals surface area contributed by atoms with Crippen LogP contribution in [0.3, 0.4) is 0 Å². The zero-order valence-electron chi connectivity index (χ0n) is 47.2. The van der Waals surface area contributed by atoms with Crippen molar-refractivity contribution in [3.8, 4) is 5.75 Å². The van der Waals surface area contributed by atoms with Gasteiger partial charge in [-0.3, -0.25) is 52.7 Å². The molecular formula is C54H81N13O14. The maximum Gasteiger partial charge on any atom is 0.305 e. The number of primary amides is 1. The molecule has 1 aromatic heterocycles. The minimum atomic E-state index is -1.59. The highest BCUT2D eigenvalue weighted by Gasteiger charge is 2.42. The Morgan fingerprint density at radius 2 is 1.46 bits per heavy atom. The van der Waals surface area contributed by atoms with Crippen LogP contribution < -0.4 is 43.0 Å². The number of aromatic hydroxyl groups is 1. The Labute approximate surface area is 470 Å². The third kappa shape index (κ3) is 18.7. The molecule has 10 atom stereocenters. The number of nitrogens with one attached hydrogen (secondary N) is 7. The van der Waals surface area contributed by atoms with Crippen LogP contribution in [-0.4, -0.2) is 174 Å². The number of aliphatic carboxylic acids is 1. The second-order valence-electron chi connectivity index (χ2n) is 22.0. The molecule has 2 saturated heterocycles. The van der Waals surface area contributed by atoms with E-state index in [0.29, 0.717) is 36.9 Å². The van der Waals surface area contributed by atoms with Gasteiger partial charge in [-0.25, -0.2) is 4.68 Å². The lowest BCUT2D eigenvalue weighted by Crippen LogP contribution is -2.62. The number of benzene rings is 1. The number of ether oxygens (including phenoxy) is 1. The molecule has 2 aromatic rings. The predicted molar refractivity (Wildman–Crippen MR) is 289 cm³/mol. The lowest BCUT2D eigenvalue weighted by Gasteiger charge is -2.32. The molecule has 2 fully saturated rings. The monoisotopic (exact) mass is 1140 g/mol. The molecule has 81 heavy (non-hydrogen) atoms. The zero-order chi connectivity index (χ0) is 59.7. The maximum atomic E-state index is 14.8. The molecule has 0 saturated carbocycles. The molecule has 0 radical (unpaired) electrons. The molecule has 0 unspecified atom stereocenters. The first kappa shape index (κ1) is 64.1. The number of hydrogen-bond acceptors (Lipinski definition) is 15. The van der Waals surface area contributed by atoms with Gasteiger partial charge < -0.3 is 67.7 Å². The first-order valence-corrected chi connectivity index (χ1v) is 27.8. The van der Waals surface area contributed by atoms with Gasteiger partial charge in [0.05, 0.1) is 31.5 Å². The third-order valence-electron chi connectivity index (χ3n) is 14.6. The van der Waals surface area contributed by atoms with E-state index in [1.807, 2.05) is 27.7 Å². The first-order chi connectivity index (χ1) is 38.4. The summed E-state index contributed by atoms with van der Waals surface area (Å²) in [6.45, 7) is 11.7. The van der Waals surface area contributed by atoms with Crippen LogP contribution in [-0.2, 0) is 77.0 Å². The molecule has 3 aliphatic rings. The number of carbonyl (C=O) groups is 11. The quantitative estimate of drug-likeness (QED) is 0.0809. The lowest BCUT2D eigenvalue weighted by atomic mass is 9.97. The van der Waals surface area contributed by atoms with Gasteiger partial charge in [-0.05, 0) is 86.8 Å². The summed E-state index contributed by atoms with van der Waals surface area (Å²) in [4.78, 5) is 154. The summed E-state index contributed by atoms with van der Waals surface area (Å²) in [5.41, 5.74) is 6.50. The molecule has 446 valence electrons. The molecule has 27 nitrogen and oxygen atoms in total. The number of nitrogens with two attached hydrogens (primary N) is 1. The van der Waals surface area contributed by atoms with Crippen molar-refractivity contribution < 1.29 is 67.7 Å². The van der Waals surface area contributed by atoms with Crippen molar-refractivity contribution in [2.45, 2.75) is 187 Å². The number of aromatic nitrogens is 3. The Kier molecular flexibility index (Phi) is 23.9. The number of aryl methyl sites for hydroxylation is 1. The van der Waals surface area contributed by atoms with Gasteiger partial charge in [-0.1, -0.05) is 65.3 Å². The largest absolute Gasteiger partial charge is 0.508 e. The van der Waals surface area contributed by atoms with Gasteiger partial charge in [0.15, 0.2) is 0 Å². The highest BCUT2D eigenvalue weighted by molar-refractivity contribution is 5.99. The second-order valence-corrected chi connectivity index (χ2v) is 22.0. The van der Waals surface area contributed by atoms with Gasteiger partial charge in [0, 0.05) is 33.0 Å². The van der Waals surface area contributed by atoms with Crippen LogP contribution in [0.15, 0.2) is 30.5 Å². The van der Waals surface area contributed by atoms with Gasteiger partial charge in [-0.15, -0.1) is 5.10 Å². The van der Waals surface area contributed by atoms with Gasteiger partial charge in [0.25, 0.3) is 0 Å². The van der Waals surface area contributed by atoms with Crippen LogP contribution in [0, 0.1) is 17.8 Å². The number of likely N-dealkylation sites (tertiary alicyclic amines) is 1. The summed E-state index contributed by atoms with van der Waals surface area (Å²) in [6.07, 6.45) is 2.48. The summed E-state index contributed by atoms with van der Waals surface area (Å²) in [5.74, 6) is -9.70. The highest BCUT2D eigenvalue weighted by Crippen LogP contribution is 2.24. The van der Waals surface area contributed by atoms with Gasteiger partial charge >= 0.3 is 5.97 Å². The molecule has 27 heteroatoms. The van der Waals surface area contributed by atoms with Crippen LogP contribution in [0.1, 0.15) is 124 Å². The zero-order valence-corrected chi connectivity index (χ0v) is 47.2. The van der Waals surface area contributed by atoms with E-state index in [-0.39, 0.29) is 82.4 Å². The average molecular weight is 1140 g/mol. The molecule has 0 bridgehead atoms. The fourth-order valence-electron chi connectivity index (χ4n) is 10.2. The van der Waals surface area contributed by atoms with Crippen LogP contribution in [0.4, 0.5) is 0 Å². The normalized spacial score (nSPS) is 23.0. The molecule has 10 amide bonds. The average Bonchev–Trinajstić information content (AvgIpc) is 4.21. The minimum Gasteiger partial charge on any atom is -0.508 e. The summed E-state index contributed by atoms with van der Waals surface area (Å²) < 4.78 is 7.53. The van der Waals surface area contributed by atoms with Crippen molar-refractivity contribution in [2.24, 2.45) is 23.5 Å². The Morgan fingerprint density at radius 1 is 0.790 bits per heavy atom. The van der Waals surface area contributed by atoms with Crippen LogP contribution in [0.25, 0.3) is 0 Å². The summed E-state index contributed by atoms with van der Waals surface area (Å²) in [7, 11) is 0. The highest BCUT2D eigenvalue weighted by atomic mass is 16.5. The number of carbonyl (C=O) groups excluding carboxylic acids is 10. The van der Waals surface area contributed by atoms with Crippen molar-refractivity contribution >= 4 is 65.0 Å². The Balaban J connectivity index is 1.51. The Hall–Kier alpha value is -7.71. The van der Waals surface area contributed by atoms with E-state index in [1.54, 1.807) is 13.8 Å². The van der Waals surface area contributed by atoms with Crippen LogP contribution in [0.2, 0.25) is 0 Å². The topological polar surface area (TPSA) is 385 Å². The number of rotatable bonds is 19. The van der Waals surface area contributed by atoms with E-state index >= 15 is 0 Å². The summed E-state index contributed by atoms with van der Waals surface area (Å²) >= 11 is 0.